The number of hydrogen-bond acceptors (Lipinski definition) is 2. The van der Waals surface area contributed by atoms with Crippen molar-refractivity contribution in [2.75, 3.05) is 14.1 Å². The molecular weight excluding hydrogens is 342 g/mol. The summed E-state index contributed by atoms with van der Waals surface area (Å²) >= 11 is 0. The highest BCUT2D eigenvalue weighted by Crippen LogP contribution is 2.65. The first-order valence-electron chi connectivity index (χ1n) is 11.3. The van der Waals surface area contributed by atoms with Crippen molar-refractivity contribution in [1.29, 1.82) is 0 Å². The number of allylic oxidation sites excluding steroid dienone is 6. The molecule has 4 aliphatic rings. The molecule has 1 saturated carbocycles. The fourth-order valence-corrected chi connectivity index (χ4v) is 7.71. The summed E-state index contributed by atoms with van der Waals surface area (Å²) in [6.07, 6.45) is 14.5. The lowest BCUT2D eigenvalue weighted by Gasteiger charge is -2.51. The summed E-state index contributed by atoms with van der Waals surface area (Å²) in [5, 5.41) is 0. The molecule has 2 nitrogen and oxygen atoms in total. The van der Waals surface area contributed by atoms with E-state index in [-0.39, 0.29) is 16.6 Å². The molecule has 2 heteroatoms. The molecule has 4 rings (SSSR count). The number of hydrogen-bond donors (Lipinski definition) is 0. The van der Waals surface area contributed by atoms with Crippen molar-refractivity contribution in [2.24, 2.45) is 28.1 Å². The van der Waals surface area contributed by atoms with Gasteiger partial charge in [-0.15, -0.1) is 0 Å². The first-order valence-corrected chi connectivity index (χ1v) is 11.3. The Morgan fingerprint density at radius 2 is 1.68 bits per heavy atom. The second-order valence-corrected chi connectivity index (χ2v) is 11.3. The van der Waals surface area contributed by atoms with Crippen LogP contribution in [-0.4, -0.2) is 30.8 Å². The molecule has 0 spiro atoms. The lowest BCUT2D eigenvalue weighted by atomic mass is 9.52. The van der Waals surface area contributed by atoms with E-state index < -0.39 is 0 Å². The third-order valence-electron chi connectivity index (χ3n) is 9.51. The molecule has 0 radical (unpaired) electrons. The van der Waals surface area contributed by atoms with E-state index in [4.69, 9.17) is 0 Å². The van der Waals surface area contributed by atoms with Crippen LogP contribution in [0, 0.1) is 28.1 Å². The molecule has 5 atom stereocenters. The number of Topliss-reactive ketones (excluding diaryl/α,β-unsaturated/α-hetero) is 1. The highest BCUT2D eigenvalue weighted by molar-refractivity contribution is 5.95. The van der Waals surface area contributed by atoms with Gasteiger partial charge in [0.15, 0.2) is 5.78 Å². The van der Waals surface area contributed by atoms with Gasteiger partial charge in [0.2, 0.25) is 0 Å². The van der Waals surface area contributed by atoms with Crippen LogP contribution in [0.5, 0.6) is 0 Å². The Balaban J connectivity index is 1.70. The number of carbonyl (C=O) groups is 1. The Morgan fingerprint density at radius 1 is 1.00 bits per heavy atom. The molecule has 4 aliphatic carbocycles. The average Bonchev–Trinajstić information content (AvgIpc) is 2.75. The van der Waals surface area contributed by atoms with Crippen molar-refractivity contribution in [3.05, 3.63) is 34.9 Å². The highest BCUT2D eigenvalue weighted by Gasteiger charge is 2.57. The van der Waals surface area contributed by atoms with E-state index in [0.717, 1.165) is 18.4 Å². The van der Waals surface area contributed by atoms with Crippen LogP contribution >= 0.6 is 0 Å². The topological polar surface area (TPSA) is 20.3 Å². The summed E-state index contributed by atoms with van der Waals surface area (Å²) < 4.78 is 0. The second kappa shape index (κ2) is 6.42. The largest absolute Gasteiger partial charge is 0.306 e. The maximum atomic E-state index is 12.4. The van der Waals surface area contributed by atoms with E-state index in [0.29, 0.717) is 23.3 Å². The molecular formula is C26H39NO. The molecule has 0 bridgehead atoms. The minimum Gasteiger partial charge on any atom is -0.306 e. The van der Waals surface area contributed by atoms with E-state index in [2.05, 4.69) is 64.9 Å². The Kier molecular flexibility index (Phi) is 4.62. The van der Waals surface area contributed by atoms with Crippen molar-refractivity contribution >= 4 is 5.78 Å². The molecule has 1 fully saturated rings. The van der Waals surface area contributed by atoms with Gasteiger partial charge in [0.25, 0.3) is 0 Å². The number of nitrogens with zero attached hydrogens (tertiary/aromatic N) is 1. The molecule has 0 heterocycles. The van der Waals surface area contributed by atoms with Crippen LogP contribution in [0.25, 0.3) is 0 Å². The summed E-state index contributed by atoms with van der Waals surface area (Å²) in [7, 11) is 4.50. The SMILES string of the molecule is CC(=O)C1=CCC2(C)C3CCC4C(=CC3=CCC12C)CCC(N(C)C)C4(C)C. The standard InChI is InChI=1S/C26H39NO/c1-17(28)20-13-15-26(5)22-10-9-21-18(16-19(22)12-14-25(20,26)4)8-11-23(27(6)7)24(21,2)3/h12-13,16,21-23H,8-11,14-15H2,1-7H3. The Hall–Kier alpha value is -1.15. The molecule has 0 N–H and O–H groups in total. The zero-order valence-electron chi connectivity index (χ0n) is 19.1. The van der Waals surface area contributed by atoms with E-state index in [9.17, 15) is 4.79 Å². The lowest BCUT2D eigenvalue weighted by Crippen LogP contribution is -2.49. The predicted octanol–water partition coefficient (Wildman–Crippen LogP) is 5.95. The number of fused-ring (bicyclic) bond motifs is 4. The first kappa shape index (κ1) is 20.1. The van der Waals surface area contributed by atoms with E-state index >= 15 is 0 Å². The molecule has 0 aliphatic heterocycles. The van der Waals surface area contributed by atoms with Crippen LogP contribution in [0.3, 0.4) is 0 Å². The third kappa shape index (κ3) is 2.59. The van der Waals surface area contributed by atoms with E-state index in [1.54, 1.807) is 18.1 Å². The normalized spacial score (nSPS) is 41.9. The van der Waals surface area contributed by atoms with Crippen molar-refractivity contribution in [1.82, 2.24) is 4.90 Å². The first-order chi connectivity index (χ1) is 13.0. The molecule has 0 aromatic rings. The fraction of sp³-hybridized carbons (Fsp3) is 0.731. The zero-order valence-corrected chi connectivity index (χ0v) is 19.1. The predicted molar refractivity (Wildman–Crippen MR) is 117 cm³/mol. The minimum atomic E-state index is 0.00269. The van der Waals surface area contributed by atoms with Crippen LogP contribution in [0.4, 0.5) is 0 Å². The van der Waals surface area contributed by atoms with Gasteiger partial charge in [0.05, 0.1) is 0 Å². The maximum absolute atomic E-state index is 12.4. The highest BCUT2D eigenvalue weighted by atomic mass is 16.1. The van der Waals surface area contributed by atoms with Gasteiger partial charge in [-0.3, -0.25) is 4.79 Å². The molecule has 28 heavy (non-hydrogen) atoms. The number of ketones is 1. The molecule has 0 aromatic heterocycles. The summed E-state index contributed by atoms with van der Waals surface area (Å²) in [6.45, 7) is 11.6. The lowest BCUT2D eigenvalue weighted by molar-refractivity contribution is -0.115. The summed E-state index contributed by atoms with van der Waals surface area (Å²) in [4.78, 5) is 14.8. The van der Waals surface area contributed by atoms with E-state index in [1.807, 2.05) is 0 Å². The van der Waals surface area contributed by atoms with Crippen LogP contribution in [0.15, 0.2) is 34.9 Å². The monoisotopic (exact) mass is 381 g/mol. The average molecular weight is 382 g/mol. The van der Waals surface area contributed by atoms with Crippen LogP contribution < -0.4 is 0 Å². The molecule has 154 valence electrons. The fourth-order valence-electron chi connectivity index (χ4n) is 7.71. The quantitative estimate of drug-likeness (QED) is 0.589. The van der Waals surface area contributed by atoms with Crippen molar-refractivity contribution in [2.45, 2.75) is 79.2 Å². The molecule has 0 amide bonds. The van der Waals surface area contributed by atoms with Gasteiger partial charge in [0.1, 0.15) is 0 Å². The van der Waals surface area contributed by atoms with Gasteiger partial charge in [-0.2, -0.15) is 0 Å². The van der Waals surface area contributed by atoms with Crippen molar-refractivity contribution < 1.29 is 4.79 Å². The second-order valence-electron chi connectivity index (χ2n) is 11.3. The maximum Gasteiger partial charge on any atom is 0.156 e. The van der Waals surface area contributed by atoms with Gasteiger partial charge in [-0.1, -0.05) is 51.5 Å². The molecule has 0 aromatic carbocycles. The Morgan fingerprint density at radius 3 is 2.32 bits per heavy atom. The van der Waals surface area contributed by atoms with Crippen molar-refractivity contribution in [3.63, 3.8) is 0 Å². The Labute approximate surface area is 172 Å². The van der Waals surface area contributed by atoms with Crippen LogP contribution in [-0.2, 0) is 4.79 Å². The number of rotatable bonds is 2. The smallest absolute Gasteiger partial charge is 0.156 e. The van der Waals surface area contributed by atoms with Gasteiger partial charge >= 0.3 is 0 Å². The van der Waals surface area contributed by atoms with Gasteiger partial charge in [-0.05, 0) is 93.4 Å². The van der Waals surface area contributed by atoms with Crippen LogP contribution in [0.2, 0.25) is 0 Å². The van der Waals surface area contributed by atoms with E-state index in [1.165, 1.54) is 25.7 Å². The van der Waals surface area contributed by atoms with Crippen LogP contribution in [0.1, 0.15) is 73.1 Å². The van der Waals surface area contributed by atoms with Gasteiger partial charge < -0.3 is 4.90 Å². The third-order valence-corrected chi connectivity index (χ3v) is 9.51. The summed E-state index contributed by atoms with van der Waals surface area (Å²) in [6, 6.07) is 0.655. The summed E-state index contributed by atoms with van der Waals surface area (Å²) in [5.41, 5.74) is 4.85. The Bertz CT molecular complexity index is 782. The molecule has 5 unspecified atom stereocenters. The minimum absolute atomic E-state index is 0.00269. The van der Waals surface area contributed by atoms with Crippen molar-refractivity contribution in [3.8, 4) is 0 Å². The van der Waals surface area contributed by atoms with Gasteiger partial charge in [0, 0.05) is 11.5 Å². The van der Waals surface area contributed by atoms with Gasteiger partial charge in [-0.25, -0.2) is 0 Å². The summed E-state index contributed by atoms with van der Waals surface area (Å²) in [5.74, 6) is 1.53. The number of carbonyl (C=O) groups excluding carboxylic acids is 1. The molecule has 0 saturated heterocycles. The zero-order chi connectivity index (χ0) is 20.5.